The Hall–Kier alpha value is -8.86. The second kappa shape index (κ2) is 24.9. The van der Waals surface area contributed by atoms with Crippen LogP contribution in [0.25, 0.3) is 67.1 Å². The zero-order valence-corrected chi connectivity index (χ0v) is 48.4. The zero-order valence-electron chi connectivity index (χ0n) is 48.4. The number of para-hydroxylation sites is 2. The van der Waals surface area contributed by atoms with Crippen molar-refractivity contribution in [3.05, 3.63) is 264 Å². The number of aromatic nitrogens is 2. The Kier molecular flexibility index (Phi) is 16.3. The maximum absolute atomic E-state index is 2.46. The van der Waals surface area contributed by atoms with Crippen LogP contribution in [-0.4, -0.2) is 9.13 Å². The van der Waals surface area contributed by atoms with Crippen LogP contribution in [0.3, 0.4) is 0 Å². The molecule has 0 radical (unpaired) electrons. The fraction of sp³-hybridized carbons (Fsp3) is 0.205. The molecule has 0 N–H and O–H groups in total. The molecular formula is C78H76N4. The maximum atomic E-state index is 2.46. The van der Waals surface area contributed by atoms with Gasteiger partial charge in [0.25, 0.3) is 0 Å². The molecule has 0 aliphatic heterocycles. The Morgan fingerprint density at radius 1 is 0.280 bits per heavy atom. The number of fused-ring (bicyclic) bond motifs is 6. The van der Waals surface area contributed by atoms with Gasteiger partial charge in [0.15, 0.2) is 0 Å². The van der Waals surface area contributed by atoms with Crippen molar-refractivity contribution in [2.24, 2.45) is 0 Å². The largest absolute Gasteiger partial charge is 0.311 e. The quantitative estimate of drug-likeness (QED) is 0.0629. The third-order valence-corrected chi connectivity index (χ3v) is 16.6. The number of hydrogen-bond donors (Lipinski definition) is 0. The highest BCUT2D eigenvalue weighted by molar-refractivity contribution is 6.11. The molecule has 2 heterocycles. The van der Waals surface area contributed by atoms with Crippen LogP contribution < -0.4 is 9.80 Å². The second-order valence-corrected chi connectivity index (χ2v) is 22.4. The standard InChI is InChI=1S/C78H76N4/c1-5-9-19-59-33-49-75-71(53-59)72-54-60(20-10-6-2)34-50-76(72)81(75)69-45-41-67(42-46-69)79(63-23-15-13-16-24-63)65-37-29-57(30-38-65)27-28-58-31-39-66(40-32-58)80(64-25-17-14-18-26-64)68-43-47-70(48-44-68)82-77-51-35-61(21-11-7-3)55-73(77)74-56-62(22-12-8-4)36-52-78(74)82/h13-18,23-56H,5-12,19-22H2,1-4H3/b28-27+. The summed E-state index contributed by atoms with van der Waals surface area (Å²) in [7, 11) is 0. The van der Waals surface area contributed by atoms with Crippen molar-refractivity contribution in [3.63, 3.8) is 0 Å². The van der Waals surface area contributed by atoms with Crippen molar-refractivity contribution >= 4 is 89.9 Å². The first-order chi connectivity index (χ1) is 40.5. The minimum absolute atomic E-state index is 1.11. The van der Waals surface area contributed by atoms with Crippen LogP contribution in [0.5, 0.6) is 0 Å². The van der Waals surface area contributed by atoms with E-state index in [1.165, 1.54) is 117 Å². The second-order valence-electron chi connectivity index (χ2n) is 22.4. The van der Waals surface area contributed by atoms with E-state index in [-0.39, 0.29) is 0 Å². The number of benzene rings is 10. The van der Waals surface area contributed by atoms with E-state index in [1.807, 2.05) is 0 Å². The molecule has 0 unspecified atom stereocenters. The molecule has 0 aliphatic carbocycles. The van der Waals surface area contributed by atoms with Crippen LogP contribution in [0, 0.1) is 0 Å². The summed E-state index contributed by atoms with van der Waals surface area (Å²) < 4.78 is 4.92. The van der Waals surface area contributed by atoms with Gasteiger partial charge in [-0.2, -0.15) is 0 Å². The summed E-state index contributed by atoms with van der Waals surface area (Å²) in [4.78, 5) is 4.71. The van der Waals surface area contributed by atoms with Crippen molar-refractivity contribution in [2.45, 2.75) is 105 Å². The van der Waals surface area contributed by atoms with E-state index >= 15 is 0 Å². The average molecular weight is 1070 g/mol. The van der Waals surface area contributed by atoms with E-state index in [4.69, 9.17) is 0 Å². The lowest BCUT2D eigenvalue weighted by atomic mass is 10.0. The van der Waals surface area contributed by atoms with Gasteiger partial charge < -0.3 is 18.9 Å². The molecule has 12 aromatic rings. The number of aryl methyl sites for hydroxylation is 4. The van der Waals surface area contributed by atoms with Crippen LogP contribution in [0.15, 0.2) is 231 Å². The van der Waals surface area contributed by atoms with Crippen LogP contribution in [0.2, 0.25) is 0 Å². The summed E-state index contributed by atoms with van der Waals surface area (Å²) >= 11 is 0. The van der Waals surface area contributed by atoms with E-state index in [1.54, 1.807) is 0 Å². The first-order valence-corrected chi connectivity index (χ1v) is 30.4. The fourth-order valence-electron chi connectivity index (χ4n) is 12.1. The molecule has 12 rings (SSSR count). The van der Waals surface area contributed by atoms with E-state index in [0.29, 0.717) is 0 Å². The molecule has 0 atom stereocenters. The number of rotatable bonds is 22. The lowest BCUT2D eigenvalue weighted by molar-refractivity contribution is 0.795. The molecule has 0 saturated carbocycles. The minimum Gasteiger partial charge on any atom is -0.311 e. The van der Waals surface area contributed by atoms with Crippen molar-refractivity contribution in [3.8, 4) is 11.4 Å². The van der Waals surface area contributed by atoms with E-state index in [9.17, 15) is 0 Å². The topological polar surface area (TPSA) is 16.3 Å². The van der Waals surface area contributed by atoms with Gasteiger partial charge in [0.1, 0.15) is 0 Å². The van der Waals surface area contributed by atoms with Crippen LogP contribution in [-0.2, 0) is 25.7 Å². The third kappa shape index (κ3) is 11.3. The normalized spacial score (nSPS) is 11.7. The van der Waals surface area contributed by atoms with Gasteiger partial charge in [-0.3, -0.25) is 0 Å². The molecule has 10 aromatic carbocycles. The van der Waals surface area contributed by atoms with Gasteiger partial charge in [-0.25, -0.2) is 0 Å². The third-order valence-electron chi connectivity index (χ3n) is 16.6. The van der Waals surface area contributed by atoms with Crippen molar-refractivity contribution < 1.29 is 0 Å². The number of unbranched alkanes of at least 4 members (excludes halogenated alkanes) is 4. The highest BCUT2D eigenvalue weighted by Crippen LogP contribution is 2.41. The first-order valence-electron chi connectivity index (χ1n) is 30.4. The molecule has 0 amide bonds. The molecule has 408 valence electrons. The van der Waals surface area contributed by atoms with Crippen molar-refractivity contribution in [2.75, 3.05) is 9.80 Å². The molecule has 4 heteroatoms. The SMILES string of the molecule is CCCCc1ccc2c(c1)c1cc(CCCC)ccc1n2-c1ccc(N(c2ccccc2)c2ccc(/C=C/c3ccc(N(c4ccccc4)c4ccc(-n5c6ccc(CCCC)cc6c6cc(CCCC)ccc65)cc4)cc3)cc2)cc1. The minimum atomic E-state index is 1.11. The Morgan fingerprint density at radius 2 is 0.537 bits per heavy atom. The highest BCUT2D eigenvalue weighted by atomic mass is 15.1. The van der Waals surface area contributed by atoms with Crippen LogP contribution >= 0.6 is 0 Å². The predicted molar refractivity (Wildman–Crippen MR) is 354 cm³/mol. The molecule has 2 aromatic heterocycles. The Labute approximate surface area is 486 Å². The summed E-state index contributed by atoms with van der Waals surface area (Å²) in [6.45, 7) is 9.11. The van der Waals surface area contributed by atoms with Gasteiger partial charge in [0, 0.05) is 67.0 Å². The molecule has 0 bridgehead atoms. The summed E-state index contributed by atoms with van der Waals surface area (Å²) in [5, 5.41) is 5.38. The Balaban J connectivity index is 0.797. The van der Waals surface area contributed by atoms with E-state index in [2.05, 4.69) is 289 Å². The van der Waals surface area contributed by atoms with Crippen LogP contribution in [0.1, 0.15) is 112 Å². The fourth-order valence-corrected chi connectivity index (χ4v) is 12.1. The van der Waals surface area contributed by atoms with Gasteiger partial charge in [0.05, 0.1) is 22.1 Å². The monoisotopic (exact) mass is 1070 g/mol. The predicted octanol–water partition coefficient (Wildman–Crippen LogP) is 22.4. The van der Waals surface area contributed by atoms with Gasteiger partial charge >= 0.3 is 0 Å². The van der Waals surface area contributed by atoms with Gasteiger partial charge in [-0.1, -0.05) is 150 Å². The molecule has 0 saturated heterocycles. The summed E-state index contributed by atoms with van der Waals surface area (Å²) in [6, 6.07) is 86.1. The number of anilines is 6. The van der Waals surface area contributed by atoms with Gasteiger partial charge in [0.2, 0.25) is 0 Å². The number of nitrogens with zero attached hydrogens (tertiary/aromatic N) is 4. The van der Waals surface area contributed by atoms with Gasteiger partial charge in [-0.15, -0.1) is 0 Å². The maximum Gasteiger partial charge on any atom is 0.0541 e. The summed E-state index contributed by atoms with van der Waals surface area (Å²) in [5.41, 5.74) is 22.0. The Bertz CT molecular complexity index is 3710. The lowest BCUT2D eigenvalue weighted by Gasteiger charge is -2.26. The number of hydrogen-bond acceptors (Lipinski definition) is 2. The van der Waals surface area contributed by atoms with E-state index in [0.717, 1.165) is 82.3 Å². The lowest BCUT2D eigenvalue weighted by Crippen LogP contribution is -2.10. The molecule has 82 heavy (non-hydrogen) atoms. The molecule has 0 fully saturated rings. The van der Waals surface area contributed by atoms with Crippen molar-refractivity contribution in [1.82, 2.24) is 9.13 Å². The van der Waals surface area contributed by atoms with Crippen LogP contribution in [0.4, 0.5) is 34.1 Å². The summed E-state index contributed by atoms with van der Waals surface area (Å²) in [5.74, 6) is 0. The molecule has 0 aliphatic rings. The van der Waals surface area contributed by atoms with E-state index < -0.39 is 0 Å². The first kappa shape index (κ1) is 53.8. The molecular weight excluding hydrogens is 993 g/mol. The average Bonchev–Trinajstić information content (AvgIpc) is 3.88. The zero-order chi connectivity index (χ0) is 55.8. The Morgan fingerprint density at radius 3 is 0.805 bits per heavy atom. The summed E-state index contributed by atoms with van der Waals surface area (Å²) in [6.07, 6.45) is 18.5. The van der Waals surface area contributed by atoms with Gasteiger partial charge in [-0.05, 0) is 230 Å². The molecule has 0 spiro atoms. The smallest absolute Gasteiger partial charge is 0.0541 e. The highest BCUT2D eigenvalue weighted by Gasteiger charge is 2.19. The van der Waals surface area contributed by atoms with Crippen molar-refractivity contribution in [1.29, 1.82) is 0 Å². The molecule has 4 nitrogen and oxygen atoms in total.